The first-order chi connectivity index (χ1) is 8.52. The van der Waals surface area contributed by atoms with Crippen LogP contribution in [-0.2, 0) is 6.18 Å². The van der Waals surface area contributed by atoms with Gasteiger partial charge >= 0.3 is 6.18 Å². The second kappa shape index (κ2) is 5.09. The monoisotopic (exact) mass is 260 g/mol. The molecule has 1 saturated carbocycles. The Kier molecular flexibility index (Phi) is 3.70. The van der Waals surface area contributed by atoms with Crippen LogP contribution in [-0.4, -0.2) is 29.3 Å². The number of alkyl halides is 3. The normalized spacial score (nSPS) is 16.4. The molecule has 0 spiro atoms. The first kappa shape index (κ1) is 13.1. The number of nitrogens with two attached hydrogens (primary N) is 1. The molecule has 1 fully saturated rings. The van der Waals surface area contributed by atoms with Crippen LogP contribution in [0, 0.1) is 0 Å². The topological polar surface area (TPSA) is 55.0 Å². The average molecular weight is 260 g/mol. The molecule has 1 aromatic heterocycles. The Morgan fingerprint density at radius 3 is 2.39 bits per heavy atom. The van der Waals surface area contributed by atoms with Gasteiger partial charge in [-0.25, -0.2) is 0 Å². The standard InChI is InChI=1S/C11H15F3N4/c12-11(13,14)9-4-5-10(17-16-9)18(7-6-15)8-2-1-3-8/h4-5,8H,1-3,6-7,15H2. The quantitative estimate of drug-likeness (QED) is 0.897. The Balaban J connectivity index is 2.15. The fourth-order valence-corrected chi connectivity index (χ4v) is 1.95. The Hall–Kier alpha value is -1.37. The minimum Gasteiger partial charge on any atom is -0.351 e. The fourth-order valence-electron chi connectivity index (χ4n) is 1.95. The summed E-state index contributed by atoms with van der Waals surface area (Å²) >= 11 is 0. The van der Waals surface area contributed by atoms with Gasteiger partial charge in [0.05, 0.1) is 0 Å². The molecule has 0 unspecified atom stereocenters. The Bertz CT molecular complexity index is 386. The summed E-state index contributed by atoms with van der Waals surface area (Å²) in [6, 6.07) is 2.66. The van der Waals surface area contributed by atoms with E-state index in [0.717, 1.165) is 25.3 Å². The summed E-state index contributed by atoms with van der Waals surface area (Å²) in [6.45, 7) is 1.03. The van der Waals surface area contributed by atoms with Gasteiger partial charge < -0.3 is 10.6 Å². The van der Waals surface area contributed by atoms with Crippen molar-refractivity contribution in [3.8, 4) is 0 Å². The van der Waals surface area contributed by atoms with Crippen molar-refractivity contribution in [1.82, 2.24) is 10.2 Å². The first-order valence-electron chi connectivity index (χ1n) is 5.90. The van der Waals surface area contributed by atoms with Crippen molar-refractivity contribution in [2.75, 3.05) is 18.0 Å². The number of anilines is 1. The maximum Gasteiger partial charge on any atom is 0.435 e. The third-order valence-electron chi connectivity index (χ3n) is 3.12. The van der Waals surface area contributed by atoms with Crippen molar-refractivity contribution in [3.05, 3.63) is 17.8 Å². The summed E-state index contributed by atoms with van der Waals surface area (Å²) in [5, 5.41) is 6.90. The third kappa shape index (κ3) is 2.72. The van der Waals surface area contributed by atoms with Gasteiger partial charge in [0.15, 0.2) is 11.5 Å². The van der Waals surface area contributed by atoms with Gasteiger partial charge in [-0.1, -0.05) is 0 Å². The lowest BCUT2D eigenvalue weighted by Crippen LogP contribution is -2.43. The van der Waals surface area contributed by atoms with Gasteiger partial charge in [0.25, 0.3) is 0 Å². The molecule has 18 heavy (non-hydrogen) atoms. The molecule has 0 radical (unpaired) electrons. The SMILES string of the molecule is NCCN(c1ccc(C(F)(F)F)nn1)C1CCC1. The van der Waals surface area contributed by atoms with Crippen LogP contribution in [0.25, 0.3) is 0 Å². The van der Waals surface area contributed by atoms with Crippen molar-refractivity contribution >= 4 is 5.82 Å². The molecule has 1 heterocycles. The summed E-state index contributed by atoms with van der Waals surface area (Å²) < 4.78 is 37.1. The molecule has 4 nitrogen and oxygen atoms in total. The van der Waals surface area contributed by atoms with Crippen molar-refractivity contribution in [2.24, 2.45) is 5.73 Å². The summed E-state index contributed by atoms with van der Waals surface area (Å²) in [5.41, 5.74) is 4.55. The highest BCUT2D eigenvalue weighted by Gasteiger charge is 2.33. The van der Waals surface area contributed by atoms with E-state index in [-0.39, 0.29) is 0 Å². The molecular formula is C11H15F3N4. The molecule has 2 N–H and O–H groups in total. The largest absolute Gasteiger partial charge is 0.435 e. The van der Waals surface area contributed by atoms with Crippen LogP contribution in [0.3, 0.4) is 0 Å². The molecule has 100 valence electrons. The van der Waals surface area contributed by atoms with Gasteiger partial charge in [-0.3, -0.25) is 0 Å². The molecule has 1 aromatic rings. The predicted molar refractivity (Wildman–Crippen MR) is 61.1 cm³/mol. The van der Waals surface area contributed by atoms with E-state index in [9.17, 15) is 13.2 Å². The van der Waals surface area contributed by atoms with Crippen LogP contribution in [0.1, 0.15) is 25.0 Å². The lowest BCUT2D eigenvalue weighted by atomic mass is 9.91. The third-order valence-corrected chi connectivity index (χ3v) is 3.12. The zero-order valence-electron chi connectivity index (χ0n) is 9.82. The molecule has 0 aliphatic heterocycles. The summed E-state index contributed by atoms with van der Waals surface area (Å²) in [5.74, 6) is 0.471. The zero-order chi connectivity index (χ0) is 13.2. The van der Waals surface area contributed by atoms with Gasteiger partial charge in [-0.2, -0.15) is 13.2 Å². The molecule has 0 bridgehead atoms. The lowest BCUT2D eigenvalue weighted by molar-refractivity contribution is -0.141. The number of hydrogen-bond acceptors (Lipinski definition) is 4. The molecule has 0 amide bonds. The van der Waals surface area contributed by atoms with E-state index in [1.807, 2.05) is 4.90 Å². The number of nitrogens with zero attached hydrogens (tertiary/aromatic N) is 3. The molecule has 0 aromatic carbocycles. The second-order valence-corrected chi connectivity index (χ2v) is 4.34. The Morgan fingerprint density at radius 1 is 1.28 bits per heavy atom. The maximum absolute atomic E-state index is 12.4. The number of hydrogen-bond donors (Lipinski definition) is 1. The predicted octanol–water partition coefficient (Wildman–Crippen LogP) is 1.81. The highest BCUT2D eigenvalue weighted by Crippen LogP contribution is 2.30. The van der Waals surface area contributed by atoms with Crippen LogP contribution < -0.4 is 10.6 Å². The molecule has 2 rings (SSSR count). The van der Waals surface area contributed by atoms with Crippen LogP contribution in [0.15, 0.2) is 12.1 Å². The van der Waals surface area contributed by atoms with Crippen LogP contribution in [0.2, 0.25) is 0 Å². The first-order valence-corrected chi connectivity index (χ1v) is 5.90. The van der Waals surface area contributed by atoms with E-state index in [2.05, 4.69) is 10.2 Å². The number of aromatic nitrogens is 2. The minimum absolute atomic E-state index is 0.333. The van der Waals surface area contributed by atoms with Crippen molar-refractivity contribution in [1.29, 1.82) is 0 Å². The lowest BCUT2D eigenvalue weighted by Gasteiger charge is -2.38. The van der Waals surface area contributed by atoms with Gasteiger partial charge in [0, 0.05) is 19.1 Å². The van der Waals surface area contributed by atoms with Crippen molar-refractivity contribution in [2.45, 2.75) is 31.5 Å². The van der Waals surface area contributed by atoms with Gasteiger partial charge in [-0.05, 0) is 31.4 Å². The molecule has 1 aliphatic carbocycles. The van der Waals surface area contributed by atoms with E-state index in [1.165, 1.54) is 6.07 Å². The van der Waals surface area contributed by atoms with Crippen LogP contribution >= 0.6 is 0 Å². The van der Waals surface area contributed by atoms with Gasteiger partial charge in [0.2, 0.25) is 0 Å². The number of rotatable bonds is 4. The molecule has 0 atom stereocenters. The highest BCUT2D eigenvalue weighted by atomic mass is 19.4. The molecule has 1 aliphatic rings. The van der Waals surface area contributed by atoms with Crippen molar-refractivity contribution in [3.63, 3.8) is 0 Å². The Morgan fingerprint density at radius 2 is 2.00 bits per heavy atom. The molecular weight excluding hydrogens is 245 g/mol. The average Bonchev–Trinajstić information content (AvgIpc) is 2.25. The Labute approximate surface area is 103 Å². The van der Waals surface area contributed by atoms with E-state index in [4.69, 9.17) is 5.73 Å². The van der Waals surface area contributed by atoms with Crippen LogP contribution in [0.4, 0.5) is 19.0 Å². The van der Waals surface area contributed by atoms with Crippen molar-refractivity contribution < 1.29 is 13.2 Å². The smallest absolute Gasteiger partial charge is 0.351 e. The summed E-state index contributed by atoms with van der Waals surface area (Å²) in [4.78, 5) is 1.94. The summed E-state index contributed by atoms with van der Waals surface area (Å²) in [7, 11) is 0. The number of halogens is 3. The molecule has 0 saturated heterocycles. The zero-order valence-corrected chi connectivity index (χ0v) is 9.82. The van der Waals surface area contributed by atoms with E-state index < -0.39 is 11.9 Å². The fraction of sp³-hybridized carbons (Fsp3) is 0.636. The van der Waals surface area contributed by atoms with Crippen LogP contribution in [0.5, 0.6) is 0 Å². The second-order valence-electron chi connectivity index (χ2n) is 4.34. The van der Waals surface area contributed by atoms with E-state index in [0.29, 0.717) is 24.9 Å². The highest BCUT2D eigenvalue weighted by molar-refractivity contribution is 5.39. The maximum atomic E-state index is 12.4. The summed E-state index contributed by atoms with van der Waals surface area (Å²) in [6.07, 6.45) is -1.24. The molecule has 7 heteroatoms. The van der Waals surface area contributed by atoms with E-state index >= 15 is 0 Å². The minimum atomic E-state index is -4.44. The van der Waals surface area contributed by atoms with E-state index in [1.54, 1.807) is 0 Å². The van der Waals surface area contributed by atoms with Gasteiger partial charge in [0.1, 0.15) is 0 Å². The van der Waals surface area contributed by atoms with Gasteiger partial charge in [-0.15, -0.1) is 10.2 Å².